The van der Waals surface area contributed by atoms with Crippen molar-refractivity contribution in [3.05, 3.63) is 65.7 Å². The van der Waals surface area contributed by atoms with Gasteiger partial charge in [-0.05, 0) is 42.8 Å². The van der Waals surface area contributed by atoms with Gasteiger partial charge in [-0.1, -0.05) is 18.2 Å². The third-order valence-corrected chi connectivity index (χ3v) is 5.27. The maximum atomic E-state index is 12.6. The fourth-order valence-electron chi connectivity index (χ4n) is 2.36. The monoisotopic (exact) mass is 413 g/mol. The van der Waals surface area contributed by atoms with Gasteiger partial charge in [-0.3, -0.25) is 9.00 Å². The molecule has 0 radical (unpaired) electrons. The summed E-state index contributed by atoms with van der Waals surface area (Å²) in [6.07, 6.45) is -4.47. The van der Waals surface area contributed by atoms with Crippen molar-refractivity contribution >= 4 is 22.7 Å². The van der Waals surface area contributed by atoms with Crippen LogP contribution in [0.4, 0.5) is 13.2 Å². The summed E-state index contributed by atoms with van der Waals surface area (Å²) in [6.45, 7) is 0. The highest BCUT2D eigenvalue weighted by molar-refractivity contribution is 7.85. The van der Waals surface area contributed by atoms with Gasteiger partial charge in [-0.15, -0.1) is 0 Å². The van der Waals surface area contributed by atoms with E-state index in [0.29, 0.717) is 4.90 Å². The van der Waals surface area contributed by atoms with Crippen LogP contribution in [-0.4, -0.2) is 35.0 Å². The molecule has 150 valence electrons. The number of benzene rings is 2. The third-order valence-electron chi connectivity index (χ3n) is 3.86. The number of amides is 1. The van der Waals surface area contributed by atoms with Gasteiger partial charge in [-0.25, -0.2) is 4.79 Å². The Morgan fingerprint density at radius 1 is 1.07 bits per heavy atom. The maximum absolute atomic E-state index is 12.6. The fraction of sp³-hybridized carbons (Fsp3) is 0.263. The number of hydrogen-bond acceptors (Lipinski definition) is 4. The third kappa shape index (κ3) is 5.91. The van der Waals surface area contributed by atoms with Crippen LogP contribution in [0.25, 0.3) is 0 Å². The second-order valence-electron chi connectivity index (χ2n) is 5.78. The summed E-state index contributed by atoms with van der Waals surface area (Å²) < 4.78 is 54.8. The van der Waals surface area contributed by atoms with E-state index in [2.05, 4.69) is 10.1 Å². The molecule has 2 rings (SSSR count). The molecule has 0 aliphatic rings. The van der Waals surface area contributed by atoms with Crippen LogP contribution in [0.2, 0.25) is 0 Å². The molecule has 0 aromatic heterocycles. The molecular formula is C19H18F3NO4S. The van der Waals surface area contributed by atoms with E-state index in [4.69, 9.17) is 0 Å². The summed E-state index contributed by atoms with van der Waals surface area (Å²) in [5, 5.41) is 2.42. The molecule has 0 spiro atoms. The summed E-state index contributed by atoms with van der Waals surface area (Å²) in [5.74, 6) is -1.36. The van der Waals surface area contributed by atoms with Crippen molar-refractivity contribution in [2.75, 3.05) is 12.9 Å². The standard InChI is InChI=1S/C19H18F3NO4S/c1-27-18(25)16(11-12-28(26)15-5-3-2-4-6-15)23-17(24)13-7-9-14(10-8-13)19(20,21)22/h2-10,16H,11-12H2,1H3,(H,23,24)/t16-,28+/m1/s1. The number of rotatable bonds is 7. The summed E-state index contributed by atoms with van der Waals surface area (Å²) in [4.78, 5) is 24.8. The second kappa shape index (κ2) is 9.50. The Labute approximate surface area is 162 Å². The zero-order valence-corrected chi connectivity index (χ0v) is 15.7. The number of ether oxygens (including phenoxy) is 1. The smallest absolute Gasteiger partial charge is 0.416 e. The Hall–Kier alpha value is -2.68. The van der Waals surface area contributed by atoms with E-state index in [1.54, 1.807) is 30.3 Å². The highest BCUT2D eigenvalue weighted by atomic mass is 32.2. The lowest BCUT2D eigenvalue weighted by molar-refractivity contribution is -0.143. The number of methoxy groups -OCH3 is 1. The molecule has 1 amide bonds. The maximum Gasteiger partial charge on any atom is 0.416 e. The van der Waals surface area contributed by atoms with Crippen LogP contribution < -0.4 is 5.32 Å². The van der Waals surface area contributed by atoms with Crippen LogP contribution in [0.15, 0.2) is 59.5 Å². The Morgan fingerprint density at radius 3 is 2.21 bits per heavy atom. The minimum absolute atomic E-state index is 0.0360. The van der Waals surface area contributed by atoms with Gasteiger partial charge in [0, 0.05) is 16.2 Å². The van der Waals surface area contributed by atoms with Gasteiger partial charge < -0.3 is 10.1 Å². The van der Waals surface area contributed by atoms with E-state index in [0.717, 1.165) is 31.4 Å². The minimum Gasteiger partial charge on any atom is -0.467 e. The highest BCUT2D eigenvalue weighted by Crippen LogP contribution is 2.29. The van der Waals surface area contributed by atoms with Gasteiger partial charge in [-0.2, -0.15) is 13.2 Å². The van der Waals surface area contributed by atoms with Crippen LogP contribution in [0.3, 0.4) is 0 Å². The number of hydrogen-bond donors (Lipinski definition) is 1. The first-order valence-corrected chi connectivity index (χ1v) is 9.53. The highest BCUT2D eigenvalue weighted by Gasteiger charge is 2.30. The van der Waals surface area contributed by atoms with Gasteiger partial charge in [0.25, 0.3) is 5.91 Å². The first kappa shape index (κ1) is 21.6. The van der Waals surface area contributed by atoms with E-state index < -0.39 is 40.5 Å². The van der Waals surface area contributed by atoms with E-state index in [-0.39, 0.29) is 17.7 Å². The topological polar surface area (TPSA) is 72.5 Å². The molecule has 2 aromatic carbocycles. The fourth-order valence-corrected chi connectivity index (χ4v) is 3.50. The van der Waals surface area contributed by atoms with Gasteiger partial charge in [0.15, 0.2) is 0 Å². The molecule has 0 saturated carbocycles. The van der Waals surface area contributed by atoms with Crippen LogP contribution in [-0.2, 0) is 26.5 Å². The zero-order valence-electron chi connectivity index (χ0n) is 14.9. The summed E-state index contributed by atoms with van der Waals surface area (Å²) in [5.41, 5.74) is -0.919. The normalized spacial score (nSPS) is 13.4. The molecule has 28 heavy (non-hydrogen) atoms. The molecule has 0 fully saturated rings. The molecule has 9 heteroatoms. The van der Waals surface area contributed by atoms with Crippen molar-refractivity contribution in [1.82, 2.24) is 5.32 Å². The van der Waals surface area contributed by atoms with Crippen LogP contribution in [0.5, 0.6) is 0 Å². The van der Waals surface area contributed by atoms with Gasteiger partial charge in [0.2, 0.25) is 0 Å². The van der Waals surface area contributed by atoms with Gasteiger partial charge in [0.05, 0.1) is 23.5 Å². The predicted molar refractivity (Wildman–Crippen MR) is 97.0 cm³/mol. The van der Waals surface area contributed by atoms with Crippen molar-refractivity contribution in [3.63, 3.8) is 0 Å². The molecule has 0 aliphatic heterocycles. The molecular weight excluding hydrogens is 395 g/mol. The predicted octanol–water partition coefficient (Wildman–Crippen LogP) is 3.17. The summed E-state index contributed by atoms with van der Waals surface area (Å²) in [6, 6.07) is 11.2. The van der Waals surface area contributed by atoms with Crippen molar-refractivity contribution in [1.29, 1.82) is 0 Å². The van der Waals surface area contributed by atoms with E-state index in [9.17, 15) is 27.0 Å². The van der Waals surface area contributed by atoms with E-state index in [1.165, 1.54) is 0 Å². The average Bonchev–Trinajstić information content (AvgIpc) is 2.70. The molecule has 0 saturated heterocycles. The van der Waals surface area contributed by atoms with Crippen molar-refractivity contribution in [2.45, 2.75) is 23.5 Å². The largest absolute Gasteiger partial charge is 0.467 e. The average molecular weight is 413 g/mol. The van der Waals surface area contributed by atoms with Crippen molar-refractivity contribution in [2.24, 2.45) is 0 Å². The lowest BCUT2D eigenvalue weighted by Crippen LogP contribution is -2.42. The second-order valence-corrected chi connectivity index (χ2v) is 7.35. The quantitative estimate of drug-likeness (QED) is 0.708. The lowest BCUT2D eigenvalue weighted by atomic mass is 10.1. The van der Waals surface area contributed by atoms with Crippen LogP contribution in [0.1, 0.15) is 22.3 Å². The van der Waals surface area contributed by atoms with Crippen LogP contribution in [0, 0.1) is 0 Å². The van der Waals surface area contributed by atoms with Crippen molar-refractivity contribution < 1.29 is 31.7 Å². The number of alkyl halides is 3. The zero-order chi connectivity index (χ0) is 20.7. The Kier molecular flexibility index (Phi) is 7.33. The molecule has 1 N–H and O–H groups in total. The van der Waals surface area contributed by atoms with E-state index >= 15 is 0 Å². The van der Waals surface area contributed by atoms with Gasteiger partial charge in [0.1, 0.15) is 6.04 Å². The summed E-state index contributed by atoms with van der Waals surface area (Å²) >= 11 is 0. The molecule has 0 aliphatic carbocycles. The molecule has 0 unspecified atom stereocenters. The number of nitrogens with one attached hydrogen (secondary N) is 1. The Balaban J connectivity index is 2.04. The molecule has 0 heterocycles. The number of carbonyl (C=O) groups is 2. The minimum atomic E-state index is -4.51. The number of halogens is 3. The van der Waals surface area contributed by atoms with Crippen molar-refractivity contribution in [3.8, 4) is 0 Å². The molecule has 2 atom stereocenters. The molecule has 2 aromatic rings. The molecule has 5 nitrogen and oxygen atoms in total. The Morgan fingerprint density at radius 2 is 1.68 bits per heavy atom. The number of esters is 1. The number of carbonyl (C=O) groups excluding carboxylic acids is 2. The van der Waals surface area contributed by atoms with Crippen LogP contribution >= 0.6 is 0 Å². The summed E-state index contributed by atoms with van der Waals surface area (Å²) in [7, 11) is -0.232. The Bertz CT molecular complexity index is 839. The van der Waals surface area contributed by atoms with E-state index in [1.807, 2.05) is 0 Å². The SMILES string of the molecule is COC(=O)[C@@H](CC[S@](=O)c1ccccc1)NC(=O)c1ccc(C(F)(F)F)cc1. The molecule has 0 bridgehead atoms. The lowest BCUT2D eigenvalue weighted by Gasteiger charge is -2.16. The van der Waals surface area contributed by atoms with Gasteiger partial charge >= 0.3 is 12.1 Å². The first-order valence-electron chi connectivity index (χ1n) is 8.21. The first-order chi connectivity index (χ1) is 13.2.